The van der Waals surface area contributed by atoms with Crippen molar-refractivity contribution in [2.75, 3.05) is 25.7 Å². The maximum Gasteiger partial charge on any atom is 0.151 e. The predicted octanol–water partition coefficient (Wildman–Crippen LogP) is 1.70. The summed E-state index contributed by atoms with van der Waals surface area (Å²) in [6.07, 6.45) is 2.84. The first-order chi connectivity index (χ1) is 9.54. The highest BCUT2D eigenvalue weighted by atomic mass is 16.5. The largest absolute Gasteiger partial charge is 0.383 e. The molecule has 0 saturated carbocycles. The fraction of sp³-hybridized carbons (Fsp3) is 0.533. The van der Waals surface area contributed by atoms with Crippen LogP contribution >= 0.6 is 0 Å². The van der Waals surface area contributed by atoms with Gasteiger partial charge in [0.2, 0.25) is 0 Å². The van der Waals surface area contributed by atoms with E-state index in [1.54, 1.807) is 7.11 Å². The Morgan fingerprint density at radius 3 is 2.80 bits per heavy atom. The van der Waals surface area contributed by atoms with E-state index in [9.17, 15) is 0 Å². The van der Waals surface area contributed by atoms with Gasteiger partial charge in [-0.3, -0.25) is 0 Å². The molecule has 0 fully saturated rings. The number of imidazole rings is 1. The minimum atomic E-state index is 0.0972. The van der Waals surface area contributed by atoms with E-state index in [0.717, 1.165) is 23.6 Å². The van der Waals surface area contributed by atoms with Crippen molar-refractivity contribution >= 4 is 11.5 Å². The van der Waals surface area contributed by atoms with Gasteiger partial charge < -0.3 is 19.8 Å². The average molecular weight is 276 g/mol. The van der Waals surface area contributed by atoms with Crippen LogP contribution in [0.2, 0.25) is 0 Å². The summed E-state index contributed by atoms with van der Waals surface area (Å²) in [5, 5.41) is 0. The van der Waals surface area contributed by atoms with Gasteiger partial charge in [0.15, 0.2) is 5.82 Å². The fourth-order valence-electron chi connectivity index (χ4n) is 2.37. The number of hydrogen-bond acceptors (Lipinski definition) is 4. The molecule has 5 heteroatoms. The van der Waals surface area contributed by atoms with Gasteiger partial charge in [0.05, 0.1) is 18.3 Å². The highest BCUT2D eigenvalue weighted by Gasteiger charge is 2.20. The van der Waals surface area contributed by atoms with E-state index in [1.165, 1.54) is 0 Å². The van der Waals surface area contributed by atoms with Gasteiger partial charge in [0.1, 0.15) is 5.65 Å². The molecule has 2 aromatic heterocycles. The van der Waals surface area contributed by atoms with E-state index in [4.69, 9.17) is 15.5 Å². The molecule has 0 radical (unpaired) electrons. The molecule has 0 aromatic carbocycles. The van der Waals surface area contributed by atoms with Crippen LogP contribution in [0.3, 0.4) is 0 Å². The number of nitrogens with zero attached hydrogens (tertiary/aromatic N) is 3. The molecule has 2 rings (SSSR count). The first-order valence-corrected chi connectivity index (χ1v) is 6.98. The molecule has 2 heterocycles. The van der Waals surface area contributed by atoms with Crippen molar-refractivity contribution < 1.29 is 4.74 Å². The zero-order valence-corrected chi connectivity index (χ0v) is 12.7. The zero-order valence-electron chi connectivity index (χ0n) is 12.7. The van der Waals surface area contributed by atoms with Crippen molar-refractivity contribution in [1.82, 2.24) is 9.38 Å². The minimum Gasteiger partial charge on any atom is -0.383 e. The van der Waals surface area contributed by atoms with Gasteiger partial charge in [0.25, 0.3) is 0 Å². The van der Waals surface area contributed by atoms with Crippen molar-refractivity contribution in [3.8, 4) is 0 Å². The van der Waals surface area contributed by atoms with Gasteiger partial charge in [-0.2, -0.15) is 0 Å². The molecule has 0 spiro atoms. The number of methoxy groups -OCH3 is 1. The topological polar surface area (TPSA) is 55.8 Å². The maximum atomic E-state index is 5.99. The van der Waals surface area contributed by atoms with E-state index in [-0.39, 0.29) is 12.1 Å². The molecule has 2 atom stereocenters. The number of pyridine rings is 1. The lowest BCUT2D eigenvalue weighted by molar-refractivity contribution is 0.183. The van der Waals surface area contributed by atoms with E-state index in [0.29, 0.717) is 6.61 Å². The molecule has 2 N–H and O–H groups in total. The van der Waals surface area contributed by atoms with Gasteiger partial charge in [-0.15, -0.1) is 0 Å². The van der Waals surface area contributed by atoms with Crippen molar-refractivity contribution in [3.63, 3.8) is 0 Å². The number of nitrogens with two attached hydrogens (primary N) is 1. The van der Waals surface area contributed by atoms with Crippen molar-refractivity contribution in [3.05, 3.63) is 30.1 Å². The van der Waals surface area contributed by atoms with Crippen LogP contribution in [0.4, 0.5) is 5.82 Å². The predicted molar refractivity (Wildman–Crippen MR) is 82.3 cm³/mol. The second kappa shape index (κ2) is 6.24. The lowest BCUT2D eigenvalue weighted by atomic mass is 10.2. The van der Waals surface area contributed by atoms with E-state index in [1.807, 2.05) is 31.3 Å². The standard InChI is InChI=1S/C15H24N4O/c1-11(16)9-13-15(18(3)12(2)10-20-4)17-14-7-5-6-8-19(13)14/h5-8,11-12H,9-10,16H2,1-4H3. The first-order valence-electron chi connectivity index (χ1n) is 6.98. The van der Waals surface area contributed by atoms with Gasteiger partial charge in [-0.05, 0) is 26.0 Å². The summed E-state index contributed by atoms with van der Waals surface area (Å²) < 4.78 is 7.36. The molecule has 0 saturated heterocycles. The smallest absolute Gasteiger partial charge is 0.151 e. The van der Waals surface area contributed by atoms with Gasteiger partial charge >= 0.3 is 0 Å². The Morgan fingerprint density at radius 1 is 1.40 bits per heavy atom. The number of anilines is 1. The summed E-state index contributed by atoms with van der Waals surface area (Å²) in [6, 6.07) is 6.39. The summed E-state index contributed by atoms with van der Waals surface area (Å²) >= 11 is 0. The molecule has 2 aromatic rings. The highest BCUT2D eigenvalue weighted by molar-refractivity contribution is 5.56. The number of likely N-dealkylation sites (N-methyl/N-ethyl adjacent to an activating group) is 1. The van der Waals surface area contributed by atoms with Crippen LogP contribution in [0.5, 0.6) is 0 Å². The highest BCUT2D eigenvalue weighted by Crippen LogP contribution is 2.23. The van der Waals surface area contributed by atoms with Crippen LogP contribution in [-0.4, -0.2) is 42.2 Å². The van der Waals surface area contributed by atoms with E-state index < -0.39 is 0 Å². The summed E-state index contributed by atoms with van der Waals surface area (Å²) in [5.41, 5.74) is 8.10. The normalized spacial score (nSPS) is 14.4. The summed E-state index contributed by atoms with van der Waals surface area (Å²) in [5.74, 6) is 0.984. The lowest BCUT2D eigenvalue weighted by Crippen LogP contribution is -2.34. The van der Waals surface area contributed by atoms with Gasteiger partial charge in [0, 0.05) is 32.8 Å². The second-order valence-electron chi connectivity index (χ2n) is 5.41. The quantitative estimate of drug-likeness (QED) is 0.872. The number of hydrogen-bond donors (Lipinski definition) is 1. The van der Waals surface area contributed by atoms with Crippen LogP contribution in [0.25, 0.3) is 5.65 Å². The lowest BCUT2D eigenvalue weighted by Gasteiger charge is -2.25. The van der Waals surface area contributed by atoms with Crippen LogP contribution in [0, 0.1) is 0 Å². The van der Waals surface area contributed by atoms with Crippen molar-refractivity contribution in [2.45, 2.75) is 32.4 Å². The van der Waals surface area contributed by atoms with Crippen molar-refractivity contribution in [1.29, 1.82) is 0 Å². The Kier molecular flexibility index (Phi) is 4.62. The molecular weight excluding hydrogens is 252 g/mol. The number of ether oxygens (including phenoxy) is 1. The van der Waals surface area contributed by atoms with Gasteiger partial charge in [-0.25, -0.2) is 4.98 Å². The number of aromatic nitrogens is 2. The third-order valence-electron chi connectivity index (χ3n) is 3.53. The molecule has 0 amide bonds. The van der Waals surface area contributed by atoms with Crippen LogP contribution < -0.4 is 10.6 Å². The Morgan fingerprint density at radius 2 is 2.15 bits per heavy atom. The third kappa shape index (κ3) is 2.94. The number of rotatable bonds is 6. The second-order valence-corrected chi connectivity index (χ2v) is 5.41. The molecule has 110 valence electrons. The third-order valence-corrected chi connectivity index (χ3v) is 3.53. The Balaban J connectivity index is 2.45. The molecule has 0 aliphatic rings. The summed E-state index contributed by atoms with van der Waals surface area (Å²) in [6.45, 7) is 4.82. The fourth-order valence-corrected chi connectivity index (χ4v) is 2.37. The van der Waals surface area contributed by atoms with Crippen LogP contribution in [0.1, 0.15) is 19.5 Å². The molecule has 0 aliphatic heterocycles. The van der Waals surface area contributed by atoms with E-state index in [2.05, 4.69) is 23.3 Å². The Bertz CT molecular complexity index is 564. The molecule has 0 aliphatic carbocycles. The van der Waals surface area contributed by atoms with Crippen LogP contribution in [-0.2, 0) is 11.2 Å². The Hall–Kier alpha value is -1.59. The number of fused-ring (bicyclic) bond motifs is 1. The van der Waals surface area contributed by atoms with Gasteiger partial charge in [-0.1, -0.05) is 6.07 Å². The molecule has 2 unspecified atom stereocenters. The average Bonchev–Trinajstić information content (AvgIpc) is 2.76. The SMILES string of the molecule is COCC(C)N(C)c1nc2ccccn2c1CC(C)N. The molecule has 0 bridgehead atoms. The molecule has 20 heavy (non-hydrogen) atoms. The Labute approximate surface area is 120 Å². The molecule has 5 nitrogen and oxygen atoms in total. The minimum absolute atomic E-state index is 0.0972. The summed E-state index contributed by atoms with van der Waals surface area (Å²) in [7, 11) is 3.77. The summed E-state index contributed by atoms with van der Waals surface area (Å²) in [4.78, 5) is 6.91. The monoisotopic (exact) mass is 276 g/mol. The van der Waals surface area contributed by atoms with E-state index >= 15 is 0 Å². The maximum absolute atomic E-state index is 5.99. The van der Waals surface area contributed by atoms with Crippen molar-refractivity contribution in [2.24, 2.45) is 5.73 Å². The molecular formula is C15H24N4O. The zero-order chi connectivity index (χ0) is 14.7. The van der Waals surface area contributed by atoms with Crippen LogP contribution in [0.15, 0.2) is 24.4 Å². The first kappa shape index (κ1) is 14.8.